The van der Waals surface area contributed by atoms with Crippen LogP contribution in [-0.4, -0.2) is 32.8 Å². The van der Waals surface area contributed by atoms with Gasteiger partial charge in [0, 0.05) is 31.9 Å². The normalized spacial score (nSPS) is 16.1. The first kappa shape index (κ1) is 15.3. The molecule has 0 radical (unpaired) electrons. The summed E-state index contributed by atoms with van der Waals surface area (Å²) in [6.07, 6.45) is 4.71. The molecular weight excluding hydrogens is 248 g/mol. The van der Waals surface area contributed by atoms with Crippen LogP contribution < -0.4 is 10.6 Å². The summed E-state index contributed by atoms with van der Waals surface area (Å²) in [4.78, 5) is 2.25. The Labute approximate surface area is 123 Å². The number of rotatable bonds is 9. The van der Waals surface area contributed by atoms with Crippen molar-refractivity contribution in [1.82, 2.24) is 0 Å². The van der Waals surface area contributed by atoms with Crippen LogP contribution in [0.3, 0.4) is 0 Å². The lowest BCUT2D eigenvalue weighted by atomic mass is 10.0. The van der Waals surface area contributed by atoms with Crippen molar-refractivity contribution in [3.63, 3.8) is 0 Å². The van der Waals surface area contributed by atoms with Crippen LogP contribution in [0.2, 0.25) is 0 Å². The predicted molar refractivity (Wildman–Crippen MR) is 85.2 cm³/mol. The van der Waals surface area contributed by atoms with Gasteiger partial charge in [-0.1, -0.05) is 19.1 Å². The minimum atomic E-state index is 0.273. The first-order valence-electron chi connectivity index (χ1n) is 7.82. The molecule has 1 atom stereocenters. The number of nitrogens with two attached hydrogens (primary N) is 1. The number of nitrogens with zero attached hydrogens (tertiary/aromatic N) is 1. The number of likely N-dealkylation sites (N-methyl/N-ethyl adjacent to an activating group) is 1. The zero-order valence-electron chi connectivity index (χ0n) is 12.8. The van der Waals surface area contributed by atoms with Gasteiger partial charge in [0.15, 0.2) is 0 Å². The van der Waals surface area contributed by atoms with Gasteiger partial charge in [-0.2, -0.15) is 0 Å². The monoisotopic (exact) mass is 276 g/mol. The maximum absolute atomic E-state index is 5.99. The van der Waals surface area contributed by atoms with Crippen molar-refractivity contribution in [2.75, 3.05) is 31.7 Å². The van der Waals surface area contributed by atoms with E-state index in [0.717, 1.165) is 38.5 Å². The Bertz CT molecular complexity index is 386. The van der Waals surface area contributed by atoms with Crippen LogP contribution in [0.5, 0.6) is 0 Å². The minimum Gasteiger partial charge on any atom is -0.379 e. The summed E-state index contributed by atoms with van der Waals surface area (Å²) < 4.78 is 5.68. The van der Waals surface area contributed by atoms with Crippen LogP contribution in [0.1, 0.15) is 31.7 Å². The first-order chi connectivity index (χ1) is 9.69. The smallest absolute Gasteiger partial charge is 0.0641 e. The molecule has 0 amide bonds. The van der Waals surface area contributed by atoms with Gasteiger partial charge in [0.1, 0.15) is 0 Å². The summed E-state index contributed by atoms with van der Waals surface area (Å²) in [6.45, 7) is 4.84. The Morgan fingerprint density at radius 2 is 2.00 bits per heavy atom. The third-order valence-corrected chi connectivity index (χ3v) is 4.02. The molecule has 1 fully saturated rings. The van der Waals surface area contributed by atoms with E-state index < -0.39 is 0 Å². The molecule has 1 aromatic rings. The van der Waals surface area contributed by atoms with E-state index in [0.29, 0.717) is 0 Å². The highest BCUT2D eigenvalue weighted by Crippen LogP contribution is 2.28. The second kappa shape index (κ2) is 7.65. The SMILES string of the molecule is CCC(N)Cc1ccc(N(C)CCOCC2CC2)cc1. The standard InChI is InChI=1S/C17H28N2O/c1-3-16(18)12-14-6-8-17(9-7-14)19(2)10-11-20-13-15-4-5-15/h6-9,15-16H,3-5,10-13,18H2,1-2H3. The fourth-order valence-corrected chi connectivity index (χ4v) is 2.20. The molecule has 0 saturated heterocycles. The van der Waals surface area contributed by atoms with Crippen LogP contribution in [0.15, 0.2) is 24.3 Å². The van der Waals surface area contributed by atoms with E-state index in [2.05, 4.69) is 43.1 Å². The van der Waals surface area contributed by atoms with Gasteiger partial charge in [0.2, 0.25) is 0 Å². The molecular formula is C17H28N2O. The third-order valence-electron chi connectivity index (χ3n) is 4.02. The van der Waals surface area contributed by atoms with Crippen molar-refractivity contribution < 1.29 is 4.74 Å². The van der Waals surface area contributed by atoms with E-state index in [9.17, 15) is 0 Å². The van der Waals surface area contributed by atoms with Crippen molar-refractivity contribution >= 4 is 5.69 Å². The summed E-state index contributed by atoms with van der Waals surface area (Å²) in [5.41, 5.74) is 8.55. The van der Waals surface area contributed by atoms with Crippen molar-refractivity contribution in [3.8, 4) is 0 Å². The topological polar surface area (TPSA) is 38.5 Å². The van der Waals surface area contributed by atoms with Crippen LogP contribution in [0.25, 0.3) is 0 Å². The largest absolute Gasteiger partial charge is 0.379 e. The third kappa shape index (κ3) is 5.14. The van der Waals surface area contributed by atoms with Gasteiger partial charge in [0.25, 0.3) is 0 Å². The molecule has 20 heavy (non-hydrogen) atoms. The summed E-state index contributed by atoms with van der Waals surface area (Å²) in [5.74, 6) is 0.849. The van der Waals surface area contributed by atoms with Gasteiger partial charge in [-0.3, -0.25) is 0 Å². The molecule has 1 aliphatic rings. The Hall–Kier alpha value is -1.06. The van der Waals surface area contributed by atoms with Crippen molar-refractivity contribution in [2.45, 2.75) is 38.6 Å². The highest BCUT2D eigenvalue weighted by molar-refractivity contribution is 5.46. The lowest BCUT2D eigenvalue weighted by Crippen LogP contribution is -2.23. The molecule has 2 rings (SSSR count). The van der Waals surface area contributed by atoms with Gasteiger partial charge < -0.3 is 15.4 Å². The van der Waals surface area contributed by atoms with Crippen molar-refractivity contribution in [3.05, 3.63) is 29.8 Å². The summed E-state index contributed by atoms with van der Waals surface area (Å²) in [7, 11) is 2.12. The lowest BCUT2D eigenvalue weighted by molar-refractivity contribution is 0.131. The van der Waals surface area contributed by atoms with Crippen LogP contribution >= 0.6 is 0 Å². The quantitative estimate of drug-likeness (QED) is 0.705. The van der Waals surface area contributed by atoms with E-state index in [1.165, 1.54) is 24.1 Å². The molecule has 0 aliphatic heterocycles. The summed E-state index contributed by atoms with van der Waals surface area (Å²) >= 11 is 0. The van der Waals surface area contributed by atoms with Crippen LogP contribution in [0.4, 0.5) is 5.69 Å². The van der Waals surface area contributed by atoms with Gasteiger partial charge in [0.05, 0.1) is 6.61 Å². The average molecular weight is 276 g/mol. The molecule has 2 N–H and O–H groups in total. The summed E-state index contributed by atoms with van der Waals surface area (Å²) in [6, 6.07) is 9.00. The maximum atomic E-state index is 5.99. The van der Waals surface area contributed by atoms with Crippen molar-refractivity contribution in [1.29, 1.82) is 0 Å². The van der Waals surface area contributed by atoms with E-state index in [-0.39, 0.29) is 6.04 Å². The highest BCUT2D eigenvalue weighted by atomic mass is 16.5. The Morgan fingerprint density at radius 3 is 2.60 bits per heavy atom. The van der Waals surface area contributed by atoms with Gasteiger partial charge in [-0.25, -0.2) is 0 Å². The summed E-state index contributed by atoms with van der Waals surface area (Å²) in [5, 5.41) is 0. The van der Waals surface area contributed by atoms with Crippen LogP contribution in [-0.2, 0) is 11.2 Å². The Morgan fingerprint density at radius 1 is 1.30 bits per heavy atom. The van der Waals surface area contributed by atoms with Crippen LogP contribution in [0, 0.1) is 5.92 Å². The number of hydrogen-bond donors (Lipinski definition) is 1. The highest BCUT2D eigenvalue weighted by Gasteiger charge is 2.20. The van der Waals surface area contributed by atoms with E-state index in [1.807, 2.05) is 0 Å². The zero-order chi connectivity index (χ0) is 14.4. The average Bonchev–Trinajstić information content (AvgIpc) is 3.28. The van der Waals surface area contributed by atoms with Gasteiger partial charge >= 0.3 is 0 Å². The van der Waals surface area contributed by atoms with E-state index in [4.69, 9.17) is 10.5 Å². The second-order valence-electron chi connectivity index (χ2n) is 5.98. The molecule has 0 bridgehead atoms. The van der Waals surface area contributed by atoms with Gasteiger partial charge in [-0.05, 0) is 49.3 Å². The number of anilines is 1. The molecule has 1 unspecified atom stereocenters. The molecule has 1 aromatic carbocycles. The number of hydrogen-bond acceptors (Lipinski definition) is 3. The zero-order valence-corrected chi connectivity index (χ0v) is 12.8. The number of ether oxygens (including phenoxy) is 1. The lowest BCUT2D eigenvalue weighted by Gasteiger charge is -2.20. The molecule has 112 valence electrons. The maximum Gasteiger partial charge on any atom is 0.0641 e. The Kier molecular flexibility index (Phi) is 5.86. The Balaban J connectivity index is 1.72. The first-order valence-corrected chi connectivity index (χ1v) is 7.82. The van der Waals surface area contributed by atoms with E-state index in [1.54, 1.807) is 0 Å². The molecule has 1 aliphatic carbocycles. The molecule has 0 spiro atoms. The van der Waals surface area contributed by atoms with E-state index >= 15 is 0 Å². The molecule has 3 nitrogen and oxygen atoms in total. The molecule has 0 heterocycles. The van der Waals surface area contributed by atoms with Gasteiger partial charge in [-0.15, -0.1) is 0 Å². The fraction of sp³-hybridized carbons (Fsp3) is 0.647. The fourth-order valence-electron chi connectivity index (χ4n) is 2.20. The molecule has 0 aromatic heterocycles. The predicted octanol–water partition coefficient (Wildman–Crippen LogP) is 2.83. The molecule has 1 saturated carbocycles. The second-order valence-corrected chi connectivity index (χ2v) is 5.98. The molecule has 3 heteroatoms. The van der Waals surface area contributed by atoms with Crippen molar-refractivity contribution in [2.24, 2.45) is 11.7 Å². The number of benzene rings is 1. The minimum absolute atomic E-state index is 0.273.